The number of carbonyl (C=O) groups is 1. The smallest absolute Gasteiger partial charge is 0.243 e. The van der Waals surface area contributed by atoms with E-state index in [2.05, 4.69) is 14.9 Å². The third-order valence-corrected chi connectivity index (χ3v) is 8.71. The number of hydrogen-bond donors (Lipinski definition) is 1. The summed E-state index contributed by atoms with van der Waals surface area (Å²) in [5.41, 5.74) is 1.75. The minimum Gasteiger partial charge on any atom is -0.385 e. The molecule has 1 aromatic carbocycles. The van der Waals surface area contributed by atoms with Crippen molar-refractivity contribution in [2.24, 2.45) is 5.92 Å². The third-order valence-electron chi connectivity index (χ3n) is 6.81. The number of aryl methyl sites for hydroxylation is 1. The molecule has 8 nitrogen and oxygen atoms in total. The molecule has 1 aliphatic heterocycles. The van der Waals surface area contributed by atoms with Crippen molar-refractivity contribution in [1.29, 1.82) is 0 Å². The second kappa shape index (κ2) is 9.89. The lowest BCUT2D eigenvalue weighted by atomic mass is 9.97. The number of nitrogens with zero attached hydrogens (tertiary/aromatic N) is 3. The van der Waals surface area contributed by atoms with Crippen molar-refractivity contribution in [3.63, 3.8) is 0 Å². The Balaban J connectivity index is 1.43. The monoisotopic (exact) mass is 462 g/mol. The number of piperidine rings is 1. The van der Waals surface area contributed by atoms with Crippen LogP contribution in [0.2, 0.25) is 0 Å². The van der Waals surface area contributed by atoms with Crippen LogP contribution < -0.4 is 5.32 Å². The van der Waals surface area contributed by atoms with Crippen LogP contribution in [0.3, 0.4) is 0 Å². The number of methoxy groups -OCH3 is 1. The van der Waals surface area contributed by atoms with Crippen LogP contribution in [-0.4, -0.2) is 61.5 Å². The van der Waals surface area contributed by atoms with Crippen LogP contribution in [0.4, 0.5) is 0 Å². The van der Waals surface area contributed by atoms with Crippen LogP contribution in [-0.2, 0) is 19.6 Å². The van der Waals surface area contributed by atoms with E-state index in [0.717, 1.165) is 36.1 Å². The van der Waals surface area contributed by atoms with Gasteiger partial charge in [0.05, 0.1) is 15.9 Å². The summed E-state index contributed by atoms with van der Waals surface area (Å²) < 4.78 is 35.3. The Labute approximate surface area is 190 Å². The summed E-state index contributed by atoms with van der Waals surface area (Å²) in [7, 11) is -1.98. The van der Waals surface area contributed by atoms with Gasteiger partial charge in [0.15, 0.2) is 0 Å². The molecule has 2 fully saturated rings. The predicted octanol–water partition coefficient (Wildman–Crippen LogP) is 3.01. The number of aromatic nitrogens is 2. The van der Waals surface area contributed by atoms with Crippen molar-refractivity contribution < 1.29 is 17.9 Å². The van der Waals surface area contributed by atoms with E-state index in [1.807, 2.05) is 13.0 Å². The molecule has 1 saturated heterocycles. The van der Waals surface area contributed by atoms with Crippen molar-refractivity contribution in [3.8, 4) is 0 Å². The normalized spacial score (nSPS) is 19.1. The molecule has 1 amide bonds. The Morgan fingerprint density at radius 3 is 2.59 bits per heavy atom. The Hall–Kier alpha value is -1.97. The summed E-state index contributed by atoms with van der Waals surface area (Å²) in [6.45, 7) is 3.90. The van der Waals surface area contributed by atoms with Gasteiger partial charge in [-0.05, 0) is 57.2 Å². The SMILES string of the molecule is COCCCNC(=O)C1CCN(S(=O)(=O)c2ccc3c(c2)nc(C)n3C2CCCC2)CC1. The van der Waals surface area contributed by atoms with Crippen molar-refractivity contribution in [3.05, 3.63) is 24.0 Å². The largest absolute Gasteiger partial charge is 0.385 e. The van der Waals surface area contributed by atoms with Gasteiger partial charge in [-0.25, -0.2) is 13.4 Å². The fraction of sp³-hybridized carbons (Fsp3) is 0.652. The number of rotatable bonds is 8. The molecule has 1 aromatic heterocycles. The summed E-state index contributed by atoms with van der Waals surface area (Å²) in [5, 5.41) is 2.93. The van der Waals surface area contributed by atoms with Gasteiger partial charge in [0.2, 0.25) is 15.9 Å². The van der Waals surface area contributed by atoms with E-state index in [-0.39, 0.29) is 16.7 Å². The maximum absolute atomic E-state index is 13.3. The molecule has 0 atom stereocenters. The molecule has 0 radical (unpaired) electrons. The number of carbonyl (C=O) groups excluding carboxylic acids is 1. The van der Waals surface area contributed by atoms with Gasteiger partial charge in [0, 0.05) is 45.3 Å². The van der Waals surface area contributed by atoms with Gasteiger partial charge < -0.3 is 14.6 Å². The Morgan fingerprint density at radius 2 is 1.91 bits per heavy atom. The zero-order valence-electron chi connectivity index (χ0n) is 19.0. The summed E-state index contributed by atoms with van der Waals surface area (Å²) >= 11 is 0. The highest BCUT2D eigenvalue weighted by Crippen LogP contribution is 2.34. The molecule has 2 aliphatic rings. The van der Waals surface area contributed by atoms with Crippen LogP contribution in [0.5, 0.6) is 0 Å². The molecule has 4 rings (SSSR count). The van der Waals surface area contributed by atoms with E-state index in [9.17, 15) is 13.2 Å². The highest BCUT2D eigenvalue weighted by atomic mass is 32.2. The first kappa shape index (κ1) is 23.2. The molecule has 9 heteroatoms. The Kier molecular flexibility index (Phi) is 7.17. The predicted molar refractivity (Wildman–Crippen MR) is 123 cm³/mol. The first-order valence-corrected chi connectivity index (χ1v) is 13.1. The van der Waals surface area contributed by atoms with E-state index in [4.69, 9.17) is 4.74 Å². The summed E-state index contributed by atoms with van der Waals surface area (Å²) in [4.78, 5) is 17.3. The van der Waals surface area contributed by atoms with Gasteiger partial charge in [-0.1, -0.05) is 12.8 Å². The zero-order chi connectivity index (χ0) is 22.7. The molecular weight excluding hydrogens is 428 g/mol. The van der Waals surface area contributed by atoms with Gasteiger partial charge in [-0.2, -0.15) is 4.31 Å². The Morgan fingerprint density at radius 1 is 1.19 bits per heavy atom. The lowest BCUT2D eigenvalue weighted by molar-refractivity contribution is -0.126. The lowest BCUT2D eigenvalue weighted by Gasteiger charge is -2.30. The first-order valence-electron chi connectivity index (χ1n) is 11.7. The summed E-state index contributed by atoms with van der Waals surface area (Å²) in [6.07, 6.45) is 6.62. The highest BCUT2D eigenvalue weighted by Gasteiger charge is 2.32. The van der Waals surface area contributed by atoms with Crippen molar-refractivity contribution in [1.82, 2.24) is 19.2 Å². The standard InChI is InChI=1S/C23H34N4O4S/c1-17-25-21-16-20(8-9-22(21)27(17)19-6-3-4-7-19)32(29,30)26-13-10-18(11-14-26)23(28)24-12-5-15-31-2/h8-9,16,18-19H,3-7,10-15H2,1-2H3,(H,24,28). The van der Waals surface area contributed by atoms with E-state index in [0.29, 0.717) is 45.1 Å². The van der Waals surface area contributed by atoms with Crippen LogP contribution in [0.15, 0.2) is 23.1 Å². The number of ether oxygens (including phenoxy) is 1. The summed E-state index contributed by atoms with van der Waals surface area (Å²) in [5.74, 6) is 0.808. The Bertz CT molecular complexity index is 1050. The maximum Gasteiger partial charge on any atom is 0.243 e. The van der Waals surface area contributed by atoms with Gasteiger partial charge >= 0.3 is 0 Å². The molecule has 0 bridgehead atoms. The summed E-state index contributed by atoms with van der Waals surface area (Å²) in [6, 6.07) is 5.78. The molecule has 1 N–H and O–H groups in total. The van der Waals surface area contributed by atoms with Crippen LogP contribution in [0.1, 0.15) is 56.8 Å². The molecule has 32 heavy (non-hydrogen) atoms. The van der Waals surface area contributed by atoms with E-state index < -0.39 is 10.0 Å². The molecule has 0 spiro atoms. The molecule has 1 aliphatic carbocycles. The lowest BCUT2D eigenvalue weighted by Crippen LogP contribution is -2.43. The average molecular weight is 463 g/mol. The topological polar surface area (TPSA) is 93.5 Å². The highest BCUT2D eigenvalue weighted by molar-refractivity contribution is 7.89. The van der Waals surface area contributed by atoms with Crippen molar-refractivity contribution in [2.75, 3.05) is 33.4 Å². The van der Waals surface area contributed by atoms with Crippen LogP contribution >= 0.6 is 0 Å². The number of hydrogen-bond acceptors (Lipinski definition) is 5. The number of benzene rings is 1. The maximum atomic E-state index is 13.3. The van der Waals surface area contributed by atoms with E-state index in [1.54, 1.807) is 19.2 Å². The zero-order valence-corrected chi connectivity index (χ0v) is 19.9. The number of amides is 1. The quantitative estimate of drug-likeness (QED) is 0.609. The molecule has 176 valence electrons. The second-order valence-electron chi connectivity index (χ2n) is 8.93. The minimum absolute atomic E-state index is 0.00694. The van der Waals surface area contributed by atoms with Crippen molar-refractivity contribution >= 4 is 27.0 Å². The molecule has 2 heterocycles. The number of imidazole rings is 1. The fourth-order valence-corrected chi connectivity index (χ4v) is 6.55. The van der Waals surface area contributed by atoms with Crippen LogP contribution in [0, 0.1) is 12.8 Å². The second-order valence-corrected chi connectivity index (χ2v) is 10.9. The number of nitrogens with one attached hydrogen (secondary N) is 1. The van der Waals surface area contributed by atoms with E-state index >= 15 is 0 Å². The minimum atomic E-state index is -3.61. The van der Waals surface area contributed by atoms with Gasteiger partial charge in [-0.15, -0.1) is 0 Å². The van der Waals surface area contributed by atoms with Gasteiger partial charge in [-0.3, -0.25) is 4.79 Å². The van der Waals surface area contributed by atoms with Crippen LogP contribution in [0.25, 0.3) is 11.0 Å². The fourth-order valence-electron chi connectivity index (χ4n) is 5.06. The number of sulfonamides is 1. The number of fused-ring (bicyclic) bond motifs is 1. The van der Waals surface area contributed by atoms with Gasteiger partial charge in [0.1, 0.15) is 5.82 Å². The van der Waals surface area contributed by atoms with E-state index in [1.165, 1.54) is 17.1 Å². The van der Waals surface area contributed by atoms with Crippen molar-refractivity contribution in [2.45, 2.75) is 62.8 Å². The third kappa shape index (κ3) is 4.70. The molecular formula is C23H34N4O4S. The molecule has 0 unspecified atom stereocenters. The van der Waals surface area contributed by atoms with Gasteiger partial charge in [0.25, 0.3) is 0 Å². The molecule has 2 aromatic rings. The first-order chi connectivity index (χ1) is 15.4. The average Bonchev–Trinajstić information content (AvgIpc) is 3.42. The molecule has 1 saturated carbocycles.